The van der Waals surface area contributed by atoms with E-state index in [1.165, 1.54) is 38.5 Å². The highest BCUT2D eigenvalue weighted by molar-refractivity contribution is 7.39. The number of hydrogen-bond donors (Lipinski definition) is 0. The highest BCUT2D eigenvalue weighted by Gasteiger charge is 1.97. The molecule has 0 aromatic rings. The minimum absolute atomic E-state index is 0.652. The van der Waals surface area contributed by atoms with E-state index < -0.39 is 16.1 Å². The summed E-state index contributed by atoms with van der Waals surface area (Å²) in [7, 11) is -3.46. The SMILES string of the molecule is CC[PH](=O)OCCCCCCCCCCO[PH](=O)CC. The zero-order chi connectivity index (χ0) is 15.1. The molecule has 0 amide bonds. The fraction of sp³-hybridized carbons (Fsp3) is 1.00. The summed E-state index contributed by atoms with van der Waals surface area (Å²) in [5.41, 5.74) is 0. The highest BCUT2D eigenvalue weighted by Crippen LogP contribution is 2.22. The van der Waals surface area contributed by atoms with Crippen molar-refractivity contribution in [1.29, 1.82) is 0 Å². The molecule has 0 saturated heterocycles. The Morgan fingerprint density at radius 2 is 0.900 bits per heavy atom. The fourth-order valence-electron chi connectivity index (χ4n) is 1.84. The summed E-state index contributed by atoms with van der Waals surface area (Å²) in [6, 6.07) is 0. The van der Waals surface area contributed by atoms with E-state index in [2.05, 4.69) is 0 Å². The molecule has 0 saturated carbocycles. The fourth-order valence-corrected chi connectivity index (χ4v) is 2.99. The molecule has 0 aliphatic rings. The minimum Gasteiger partial charge on any atom is -0.330 e. The second-order valence-electron chi connectivity index (χ2n) is 4.98. The van der Waals surface area contributed by atoms with E-state index in [1.807, 2.05) is 13.8 Å². The summed E-state index contributed by atoms with van der Waals surface area (Å²) in [6.07, 6.45) is 10.7. The third-order valence-electron chi connectivity index (χ3n) is 3.14. The van der Waals surface area contributed by atoms with Crippen molar-refractivity contribution in [2.75, 3.05) is 25.5 Å². The zero-order valence-corrected chi connectivity index (χ0v) is 15.1. The van der Waals surface area contributed by atoms with Crippen LogP contribution in [0.1, 0.15) is 65.2 Å². The van der Waals surface area contributed by atoms with Gasteiger partial charge in [-0.15, -0.1) is 0 Å². The van der Waals surface area contributed by atoms with Crippen molar-refractivity contribution in [3.63, 3.8) is 0 Å². The Morgan fingerprint density at radius 3 is 1.20 bits per heavy atom. The molecule has 0 spiro atoms. The van der Waals surface area contributed by atoms with Gasteiger partial charge < -0.3 is 9.05 Å². The first-order chi connectivity index (χ1) is 9.70. The Hall–Kier alpha value is 0.380. The van der Waals surface area contributed by atoms with Gasteiger partial charge >= 0.3 is 0 Å². The van der Waals surface area contributed by atoms with Gasteiger partial charge in [0.1, 0.15) is 0 Å². The molecule has 0 N–H and O–H groups in total. The number of rotatable bonds is 15. The van der Waals surface area contributed by atoms with Gasteiger partial charge in [0.2, 0.25) is 0 Å². The molecule has 0 fully saturated rings. The summed E-state index contributed by atoms with van der Waals surface area (Å²) >= 11 is 0. The van der Waals surface area contributed by atoms with Crippen LogP contribution in [0.3, 0.4) is 0 Å². The van der Waals surface area contributed by atoms with Crippen LogP contribution in [0.25, 0.3) is 0 Å². The van der Waals surface area contributed by atoms with Crippen LogP contribution in [0, 0.1) is 0 Å². The van der Waals surface area contributed by atoms with Crippen molar-refractivity contribution < 1.29 is 18.2 Å². The van der Waals surface area contributed by atoms with Gasteiger partial charge in [0.15, 0.2) is 16.1 Å². The van der Waals surface area contributed by atoms with E-state index in [4.69, 9.17) is 9.05 Å². The highest BCUT2D eigenvalue weighted by atomic mass is 31.1. The summed E-state index contributed by atoms with van der Waals surface area (Å²) < 4.78 is 32.5. The van der Waals surface area contributed by atoms with Crippen LogP contribution in [0.5, 0.6) is 0 Å². The first kappa shape index (κ1) is 20.4. The summed E-state index contributed by atoms with van der Waals surface area (Å²) in [4.78, 5) is 0. The Morgan fingerprint density at radius 1 is 0.600 bits per heavy atom. The van der Waals surface area contributed by atoms with Crippen molar-refractivity contribution in [3.05, 3.63) is 0 Å². The largest absolute Gasteiger partial charge is 0.330 e. The van der Waals surface area contributed by atoms with Crippen molar-refractivity contribution >= 4 is 16.1 Å². The lowest BCUT2D eigenvalue weighted by atomic mass is 10.1. The molecule has 0 bridgehead atoms. The molecule has 0 aliphatic carbocycles. The molecule has 2 atom stereocenters. The van der Waals surface area contributed by atoms with Gasteiger partial charge in [0.25, 0.3) is 0 Å². The van der Waals surface area contributed by atoms with Gasteiger partial charge in [-0.1, -0.05) is 52.4 Å². The van der Waals surface area contributed by atoms with Crippen molar-refractivity contribution in [2.24, 2.45) is 0 Å². The van der Waals surface area contributed by atoms with Gasteiger partial charge in [-0.25, -0.2) is 0 Å². The van der Waals surface area contributed by atoms with Crippen LogP contribution in [0.4, 0.5) is 0 Å². The maximum atomic E-state index is 11.1. The van der Waals surface area contributed by atoms with Crippen LogP contribution in [-0.2, 0) is 18.2 Å². The predicted molar refractivity (Wildman–Crippen MR) is 87.9 cm³/mol. The van der Waals surface area contributed by atoms with Gasteiger partial charge in [0, 0.05) is 12.3 Å². The minimum atomic E-state index is -1.73. The quantitative estimate of drug-likeness (QED) is 0.309. The van der Waals surface area contributed by atoms with Crippen LogP contribution in [0.2, 0.25) is 0 Å². The first-order valence-corrected chi connectivity index (χ1v) is 11.1. The van der Waals surface area contributed by atoms with Crippen LogP contribution >= 0.6 is 16.1 Å². The van der Waals surface area contributed by atoms with Gasteiger partial charge in [-0.3, -0.25) is 9.13 Å². The lowest BCUT2D eigenvalue weighted by Crippen LogP contribution is -1.90. The lowest BCUT2D eigenvalue weighted by molar-refractivity contribution is 0.312. The molecule has 20 heavy (non-hydrogen) atoms. The molecule has 0 rings (SSSR count). The van der Waals surface area contributed by atoms with E-state index in [1.54, 1.807) is 0 Å². The summed E-state index contributed by atoms with van der Waals surface area (Å²) in [5, 5.41) is 0. The zero-order valence-electron chi connectivity index (χ0n) is 13.1. The maximum Gasteiger partial charge on any atom is 0.191 e. The molecular weight excluding hydrogens is 294 g/mol. The van der Waals surface area contributed by atoms with E-state index >= 15 is 0 Å². The van der Waals surface area contributed by atoms with Crippen LogP contribution < -0.4 is 0 Å². The Labute approximate surface area is 125 Å². The molecule has 0 aromatic carbocycles. The number of unbranched alkanes of at least 4 members (excludes halogenated alkanes) is 7. The monoisotopic (exact) mass is 326 g/mol. The normalized spacial score (nSPS) is 14.3. The molecule has 0 aromatic heterocycles. The smallest absolute Gasteiger partial charge is 0.191 e. The van der Waals surface area contributed by atoms with Crippen LogP contribution in [0.15, 0.2) is 0 Å². The standard InChI is InChI=1S/C14H32O4P2/c1-3-19(15)17-13-11-9-7-5-6-8-10-12-14-18-20(16)4-2/h19-20H,3-14H2,1-2H3. The van der Waals surface area contributed by atoms with E-state index in [9.17, 15) is 9.13 Å². The lowest BCUT2D eigenvalue weighted by Gasteiger charge is -2.04. The third-order valence-corrected chi connectivity index (χ3v) is 5.35. The van der Waals surface area contributed by atoms with E-state index in [0.717, 1.165) is 12.8 Å². The van der Waals surface area contributed by atoms with Gasteiger partial charge in [0.05, 0.1) is 13.2 Å². The molecule has 0 radical (unpaired) electrons. The second-order valence-corrected chi connectivity index (χ2v) is 8.46. The Balaban J connectivity index is 3.06. The molecule has 2 unspecified atom stereocenters. The molecule has 0 aliphatic heterocycles. The topological polar surface area (TPSA) is 52.6 Å². The maximum absolute atomic E-state index is 11.1. The molecular formula is C14H32O4P2. The Kier molecular flexibility index (Phi) is 16.1. The van der Waals surface area contributed by atoms with Gasteiger partial charge in [-0.2, -0.15) is 0 Å². The molecule has 122 valence electrons. The van der Waals surface area contributed by atoms with E-state index in [-0.39, 0.29) is 0 Å². The summed E-state index contributed by atoms with van der Waals surface area (Å²) in [6.45, 7) is 5.10. The van der Waals surface area contributed by atoms with Crippen molar-refractivity contribution in [1.82, 2.24) is 0 Å². The Bertz CT molecular complexity index is 234. The van der Waals surface area contributed by atoms with Crippen LogP contribution in [-0.4, -0.2) is 25.5 Å². The second kappa shape index (κ2) is 15.8. The molecule has 4 nitrogen and oxygen atoms in total. The van der Waals surface area contributed by atoms with E-state index in [0.29, 0.717) is 25.5 Å². The average Bonchev–Trinajstić information content (AvgIpc) is 2.47. The number of hydrogen-bond acceptors (Lipinski definition) is 4. The van der Waals surface area contributed by atoms with Gasteiger partial charge in [-0.05, 0) is 12.8 Å². The van der Waals surface area contributed by atoms with Crippen molar-refractivity contribution in [2.45, 2.75) is 65.2 Å². The third kappa shape index (κ3) is 14.8. The summed E-state index contributed by atoms with van der Waals surface area (Å²) in [5.74, 6) is 0. The molecule has 6 heteroatoms. The first-order valence-electron chi connectivity index (χ1n) is 8.02. The molecule has 0 heterocycles. The van der Waals surface area contributed by atoms with Crippen molar-refractivity contribution in [3.8, 4) is 0 Å². The predicted octanol–water partition coefficient (Wildman–Crippen LogP) is 5.13. The average molecular weight is 326 g/mol.